The number of nitrogens with zero attached hydrogens (tertiary/aromatic N) is 6. The summed E-state index contributed by atoms with van der Waals surface area (Å²) in [5.41, 5.74) is 3.26. The summed E-state index contributed by atoms with van der Waals surface area (Å²) in [4.78, 5) is 25.5. The van der Waals surface area contributed by atoms with Crippen molar-refractivity contribution >= 4 is 38.0 Å². The summed E-state index contributed by atoms with van der Waals surface area (Å²) < 4.78 is 20.9. The lowest BCUT2D eigenvalue weighted by Crippen LogP contribution is -2.42. The second-order valence-corrected chi connectivity index (χ2v) is 12.7. The Kier molecular flexibility index (Phi) is 6.37. The van der Waals surface area contributed by atoms with Gasteiger partial charge in [0.25, 0.3) is 0 Å². The van der Waals surface area contributed by atoms with Gasteiger partial charge in [0.05, 0.1) is 29.9 Å². The monoisotopic (exact) mass is 496 g/mol. The molecule has 1 fully saturated rings. The highest BCUT2D eigenvalue weighted by atomic mass is 32.3. The molecule has 10 nitrogen and oxygen atoms in total. The highest BCUT2D eigenvalue weighted by Crippen LogP contribution is 2.30. The van der Waals surface area contributed by atoms with Crippen molar-refractivity contribution in [1.29, 1.82) is 0 Å². The molecule has 1 aromatic carbocycles. The summed E-state index contributed by atoms with van der Waals surface area (Å²) in [7, 11) is -2.19. The van der Waals surface area contributed by atoms with Gasteiger partial charge in [-0.2, -0.15) is 4.98 Å². The molecule has 4 aromatic rings. The fourth-order valence-corrected chi connectivity index (χ4v) is 5.73. The fourth-order valence-electron chi connectivity index (χ4n) is 4.53. The fraction of sp³-hybridized carbons (Fsp3) is 0.458. The minimum absolute atomic E-state index is 0.233. The number of nitrogens with one attached hydrogen (secondary N) is 2. The second-order valence-electron chi connectivity index (χ2n) is 9.55. The molecule has 186 valence electrons. The van der Waals surface area contributed by atoms with Gasteiger partial charge in [-0.15, -0.1) is 0 Å². The Morgan fingerprint density at radius 2 is 2.00 bits per heavy atom. The summed E-state index contributed by atoms with van der Waals surface area (Å²) in [6, 6.07) is 5.80. The lowest BCUT2D eigenvalue weighted by atomic mass is 9.99. The Labute approximate surface area is 205 Å². The number of aromatic amines is 1. The molecule has 35 heavy (non-hydrogen) atoms. The van der Waals surface area contributed by atoms with E-state index in [1.807, 2.05) is 44.6 Å². The van der Waals surface area contributed by atoms with Crippen molar-refractivity contribution in [3.8, 4) is 5.88 Å². The Bertz CT molecular complexity index is 1390. The molecule has 11 heteroatoms. The van der Waals surface area contributed by atoms with E-state index in [0.717, 1.165) is 42.4 Å². The van der Waals surface area contributed by atoms with Gasteiger partial charge in [-0.25, -0.2) is 24.2 Å². The number of piperidine rings is 1. The number of hydrogen-bond donors (Lipinski definition) is 3. The van der Waals surface area contributed by atoms with E-state index in [4.69, 9.17) is 14.7 Å². The van der Waals surface area contributed by atoms with Crippen LogP contribution < -0.4 is 10.1 Å². The zero-order valence-electron chi connectivity index (χ0n) is 20.5. The minimum atomic E-state index is -2.19. The maximum Gasteiger partial charge on any atom is 0.225 e. The zero-order valence-corrected chi connectivity index (χ0v) is 21.4. The number of anilines is 1. The van der Waals surface area contributed by atoms with Crippen molar-refractivity contribution in [3.63, 3.8) is 0 Å². The molecule has 4 heterocycles. The number of aromatic nitrogens is 6. The number of hydrogen-bond acceptors (Lipinski definition) is 8. The van der Waals surface area contributed by atoms with Crippen LogP contribution in [-0.4, -0.2) is 70.6 Å². The van der Waals surface area contributed by atoms with Crippen LogP contribution in [0.2, 0.25) is 0 Å². The van der Waals surface area contributed by atoms with Crippen LogP contribution in [-0.2, 0) is 10.1 Å². The average molecular weight is 497 g/mol. The van der Waals surface area contributed by atoms with Crippen molar-refractivity contribution in [2.45, 2.75) is 32.7 Å². The normalized spacial score (nSPS) is 17.0. The number of thiol groups is 1. The topological polar surface area (TPSA) is 122 Å². The van der Waals surface area contributed by atoms with E-state index in [2.05, 4.69) is 29.6 Å². The predicted molar refractivity (Wildman–Crippen MR) is 139 cm³/mol. The van der Waals surface area contributed by atoms with E-state index in [1.165, 1.54) is 6.33 Å². The third-order valence-corrected chi connectivity index (χ3v) is 8.36. The number of H-pyrrole nitrogens is 1. The van der Waals surface area contributed by atoms with Crippen molar-refractivity contribution < 1.29 is 8.95 Å². The molecule has 3 aromatic heterocycles. The van der Waals surface area contributed by atoms with Crippen LogP contribution in [0.5, 0.6) is 5.88 Å². The summed E-state index contributed by atoms with van der Waals surface area (Å²) in [6.07, 6.45) is 8.71. The summed E-state index contributed by atoms with van der Waals surface area (Å²) in [6.45, 7) is 6.30. The Hall–Kier alpha value is -3.18. The van der Waals surface area contributed by atoms with Crippen LogP contribution in [0, 0.1) is 12.8 Å². The van der Waals surface area contributed by atoms with Crippen molar-refractivity contribution in [1.82, 2.24) is 34.2 Å². The molecular weight excluding hydrogens is 464 g/mol. The first kappa shape index (κ1) is 23.6. The van der Waals surface area contributed by atoms with Gasteiger partial charge in [0.15, 0.2) is 17.3 Å². The maximum absolute atomic E-state index is 12.4. The van der Waals surface area contributed by atoms with E-state index in [1.54, 1.807) is 6.33 Å². The van der Waals surface area contributed by atoms with E-state index >= 15 is 0 Å². The Morgan fingerprint density at radius 3 is 2.77 bits per heavy atom. The largest absolute Gasteiger partial charge is 0.477 e. The number of fused-ring (bicyclic) bond motifs is 2. The number of rotatable bonds is 7. The standard InChI is InChI=1S/C24H32N8O2S/c1-15-6-5-7-18-19(15)24(34-12-17-8-10-32(11-9-17)35(3,4)33)31-21(30-18)16(2)29-23-20-22(26-13-25-20)27-14-28-23/h5-7,13-14,16-17,35H,8-12H2,1-4H3,(H2,25,26,27,28,29). The molecule has 0 spiro atoms. The Balaban J connectivity index is 1.38. The van der Waals surface area contributed by atoms with E-state index < -0.39 is 10.1 Å². The third kappa shape index (κ3) is 4.96. The molecular formula is C24H32N8O2S. The van der Waals surface area contributed by atoms with Crippen LogP contribution in [0.25, 0.3) is 22.1 Å². The lowest BCUT2D eigenvalue weighted by Gasteiger charge is -2.36. The van der Waals surface area contributed by atoms with Gasteiger partial charge in [-0.1, -0.05) is 22.3 Å². The van der Waals surface area contributed by atoms with Crippen LogP contribution >= 0.6 is 0 Å². The average Bonchev–Trinajstić information content (AvgIpc) is 3.32. The van der Waals surface area contributed by atoms with Gasteiger partial charge in [-0.3, -0.25) is 4.21 Å². The van der Waals surface area contributed by atoms with Crippen LogP contribution in [0.4, 0.5) is 5.82 Å². The maximum atomic E-state index is 12.4. The smallest absolute Gasteiger partial charge is 0.225 e. The number of benzene rings is 1. The molecule has 0 radical (unpaired) electrons. The number of ether oxygens (including phenoxy) is 1. The molecule has 0 saturated carbocycles. The predicted octanol–water partition coefficient (Wildman–Crippen LogP) is 3.06. The third-order valence-electron chi connectivity index (χ3n) is 6.60. The zero-order chi connectivity index (χ0) is 24.6. The SMILES string of the molecule is Cc1cccc2nc(C(C)Nc3ncnc4[nH]cnc34)nc(OCC3CCN([SH](C)(C)=O)CC3)c12. The van der Waals surface area contributed by atoms with Crippen LogP contribution in [0.3, 0.4) is 0 Å². The summed E-state index contributed by atoms with van der Waals surface area (Å²) in [5.74, 6) is 2.24. The lowest BCUT2D eigenvalue weighted by molar-refractivity contribution is 0.184. The molecule has 1 atom stereocenters. The molecule has 1 aliphatic heterocycles. The van der Waals surface area contributed by atoms with Gasteiger partial charge in [-0.05, 0) is 44.2 Å². The molecule has 2 N–H and O–H groups in total. The van der Waals surface area contributed by atoms with Gasteiger partial charge >= 0.3 is 0 Å². The first-order valence-electron chi connectivity index (χ1n) is 11.9. The Morgan fingerprint density at radius 1 is 1.20 bits per heavy atom. The number of imidazole rings is 1. The highest BCUT2D eigenvalue weighted by Gasteiger charge is 2.25. The first-order valence-corrected chi connectivity index (χ1v) is 14.5. The minimum Gasteiger partial charge on any atom is -0.477 e. The van der Waals surface area contributed by atoms with E-state index in [0.29, 0.717) is 41.2 Å². The molecule has 5 rings (SSSR count). The molecule has 0 aliphatic carbocycles. The van der Waals surface area contributed by atoms with Crippen molar-refractivity contribution in [2.75, 3.05) is 37.5 Å². The number of aryl methyl sites for hydroxylation is 1. The quantitative estimate of drug-likeness (QED) is 0.334. The highest BCUT2D eigenvalue weighted by molar-refractivity contribution is 7.99. The first-order chi connectivity index (χ1) is 16.8. The van der Waals surface area contributed by atoms with E-state index in [9.17, 15) is 4.21 Å². The van der Waals surface area contributed by atoms with Gasteiger partial charge in [0, 0.05) is 25.6 Å². The van der Waals surface area contributed by atoms with Gasteiger partial charge in [0.1, 0.15) is 11.8 Å². The molecule has 0 amide bonds. The molecule has 1 saturated heterocycles. The summed E-state index contributed by atoms with van der Waals surface area (Å²) >= 11 is 0. The summed E-state index contributed by atoms with van der Waals surface area (Å²) in [5, 5.41) is 4.31. The van der Waals surface area contributed by atoms with Gasteiger partial charge in [0.2, 0.25) is 5.88 Å². The second kappa shape index (κ2) is 9.46. The van der Waals surface area contributed by atoms with Crippen molar-refractivity contribution in [3.05, 3.63) is 42.2 Å². The van der Waals surface area contributed by atoms with E-state index in [-0.39, 0.29) is 6.04 Å². The van der Waals surface area contributed by atoms with Crippen LogP contribution in [0.15, 0.2) is 30.9 Å². The molecule has 1 aliphatic rings. The van der Waals surface area contributed by atoms with Crippen molar-refractivity contribution in [2.24, 2.45) is 5.92 Å². The van der Waals surface area contributed by atoms with Crippen LogP contribution in [0.1, 0.15) is 37.2 Å². The molecule has 0 bridgehead atoms. The molecule has 1 unspecified atom stereocenters. The van der Waals surface area contributed by atoms with Gasteiger partial charge < -0.3 is 15.0 Å².